The molecule has 1 amide bonds. The predicted octanol–water partition coefficient (Wildman–Crippen LogP) is 6.07. The maximum absolute atomic E-state index is 12.8. The van der Waals surface area contributed by atoms with Crippen LogP contribution < -0.4 is 19.5 Å². The Hall–Kier alpha value is -3.06. The number of hydrogen-bond donors (Lipinski definition) is 1. The minimum absolute atomic E-state index is 0.0181. The minimum Gasteiger partial charge on any atom is -0.491 e. The second-order valence-electron chi connectivity index (χ2n) is 7.38. The maximum atomic E-state index is 12.8. The molecule has 3 rings (SSSR count). The number of aryl methyl sites for hydroxylation is 1. The largest absolute Gasteiger partial charge is 0.491 e. The van der Waals surface area contributed by atoms with Gasteiger partial charge in [-0.25, -0.2) is 4.98 Å². The SMILES string of the molecule is Cc1cccc(Oc2cnc(NC(=O)c3cc(OC(C)C)cc(OC(C)C)c3)s2)c1. The fourth-order valence-electron chi connectivity index (χ4n) is 2.71. The Kier molecular flexibility index (Phi) is 6.95. The first-order valence-corrected chi connectivity index (χ1v) is 10.6. The van der Waals surface area contributed by atoms with Gasteiger partial charge >= 0.3 is 0 Å². The van der Waals surface area contributed by atoms with E-state index in [1.807, 2.05) is 58.9 Å². The molecule has 0 unspecified atom stereocenters. The van der Waals surface area contributed by atoms with Gasteiger partial charge in [0.15, 0.2) is 5.13 Å². The molecular formula is C23H26N2O4S. The Morgan fingerprint density at radius 3 is 2.23 bits per heavy atom. The van der Waals surface area contributed by atoms with Gasteiger partial charge in [-0.05, 0) is 64.4 Å². The van der Waals surface area contributed by atoms with Gasteiger partial charge in [0, 0.05) is 11.6 Å². The van der Waals surface area contributed by atoms with E-state index in [0.717, 1.165) is 11.3 Å². The summed E-state index contributed by atoms with van der Waals surface area (Å²) in [5.74, 6) is 1.59. The van der Waals surface area contributed by atoms with Gasteiger partial charge in [0.1, 0.15) is 17.2 Å². The molecule has 30 heavy (non-hydrogen) atoms. The van der Waals surface area contributed by atoms with E-state index in [2.05, 4.69) is 10.3 Å². The lowest BCUT2D eigenvalue weighted by Gasteiger charge is -2.15. The van der Waals surface area contributed by atoms with Crippen molar-refractivity contribution < 1.29 is 19.0 Å². The number of nitrogens with one attached hydrogen (secondary N) is 1. The number of ether oxygens (including phenoxy) is 3. The number of benzene rings is 2. The van der Waals surface area contributed by atoms with E-state index < -0.39 is 0 Å². The second-order valence-corrected chi connectivity index (χ2v) is 8.38. The number of nitrogens with zero attached hydrogens (tertiary/aromatic N) is 1. The summed E-state index contributed by atoms with van der Waals surface area (Å²) in [5.41, 5.74) is 1.54. The molecule has 0 aliphatic carbocycles. The number of thiazole rings is 1. The average Bonchev–Trinajstić information content (AvgIpc) is 3.07. The Bertz CT molecular complexity index is 986. The third-order valence-electron chi connectivity index (χ3n) is 3.80. The summed E-state index contributed by atoms with van der Waals surface area (Å²) >= 11 is 1.26. The molecule has 0 aliphatic heterocycles. The Morgan fingerprint density at radius 1 is 0.967 bits per heavy atom. The van der Waals surface area contributed by atoms with E-state index in [0.29, 0.717) is 27.3 Å². The number of rotatable bonds is 8. The van der Waals surface area contributed by atoms with E-state index >= 15 is 0 Å². The van der Waals surface area contributed by atoms with Crippen LogP contribution in [0.2, 0.25) is 0 Å². The van der Waals surface area contributed by atoms with Crippen molar-refractivity contribution in [1.29, 1.82) is 0 Å². The van der Waals surface area contributed by atoms with Crippen molar-refractivity contribution in [2.45, 2.75) is 46.8 Å². The molecule has 0 radical (unpaired) electrons. The molecule has 158 valence electrons. The molecular weight excluding hydrogens is 400 g/mol. The van der Waals surface area contributed by atoms with Crippen molar-refractivity contribution in [3.8, 4) is 22.3 Å². The van der Waals surface area contributed by atoms with E-state index in [9.17, 15) is 4.79 Å². The van der Waals surface area contributed by atoms with Crippen LogP contribution in [0.25, 0.3) is 0 Å². The molecule has 1 N–H and O–H groups in total. The lowest BCUT2D eigenvalue weighted by atomic mass is 10.2. The Morgan fingerprint density at radius 2 is 1.63 bits per heavy atom. The summed E-state index contributed by atoms with van der Waals surface area (Å²) in [4.78, 5) is 17.0. The summed E-state index contributed by atoms with van der Waals surface area (Å²) in [5, 5.41) is 3.86. The van der Waals surface area contributed by atoms with Gasteiger partial charge in [0.2, 0.25) is 5.06 Å². The van der Waals surface area contributed by atoms with Crippen LogP contribution in [-0.4, -0.2) is 23.1 Å². The van der Waals surface area contributed by atoms with Gasteiger partial charge in [-0.2, -0.15) is 0 Å². The number of carbonyl (C=O) groups is 1. The minimum atomic E-state index is -0.297. The summed E-state index contributed by atoms with van der Waals surface area (Å²) in [7, 11) is 0. The monoisotopic (exact) mass is 426 g/mol. The molecule has 0 spiro atoms. The van der Waals surface area contributed by atoms with E-state index in [1.165, 1.54) is 11.3 Å². The predicted molar refractivity (Wildman–Crippen MR) is 119 cm³/mol. The number of aromatic nitrogens is 1. The van der Waals surface area contributed by atoms with Crippen LogP contribution in [0.15, 0.2) is 48.7 Å². The molecule has 0 saturated carbocycles. The van der Waals surface area contributed by atoms with Crippen LogP contribution in [0.5, 0.6) is 22.3 Å². The topological polar surface area (TPSA) is 69.7 Å². The van der Waals surface area contributed by atoms with Gasteiger partial charge in [-0.3, -0.25) is 10.1 Å². The molecule has 0 saturated heterocycles. The molecule has 0 aliphatic rings. The molecule has 0 atom stereocenters. The zero-order chi connectivity index (χ0) is 21.7. The highest BCUT2D eigenvalue weighted by Crippen LogP contribution is 2.31. The first-order valence-electron chi connectivity index (χ1n) is 9.78. The first-order chi connectivity index (χ1) is 14.3. The lowest BCUT2D eigenvalue weighted by Crippen LogP contribution is -2.14. The van der Waals surface area contributed by atoms with E-state index in [-0.39, 0.29) is 18.1 Å². The van der Waals surface area contributed by atoms with Crippen LogP contribution in [0.3, 0.4) is 0 Å². The van der Waals surface area contributed by atoms with Crippen molar-refractivity contribution in [2.24, 2.45) is 0 Å². The average molecular weight is 427 g/mol. The van der Waals surface area contributed by atoms with E-state index in [1.54, 1.807) is 24.4 Å². The van der Waals surface area contributed by atoms with Crippen molar-refractivity contribution in [3.05, 3.63) is 59.8 Å². The summed E-state index contributed by atoms with van der Waals surface area (Å²) in [6.45, 7) is 9.73. The highest BCUT2D eigenvalue weighted by atomic mass is 32.1. The third kappa shape index (κ3) is 6.22. The maximum Gasteiger partial charge on any atom is 0.257 e. The first kappa shape index (κ1) is 21.6. The van der Waals surface area contributed by atoms with Crippen molar-refractivity contribution in [3.63, 3.8) is 0 Å². The van der Waals surface area contributed by atoms with Crippen molar-refractivity contribution in [1.82, 2.24) is 4.98 Å². The molecule has 2 aromatic carbocycles. The van der Waals surface area contributed by atoms with E-state index in [4.69, 9.17) is 14.2 Å². The summed E-state index contributed by atoms with van der Waals surface area (Å²) in [6.07, 6.45) is 1.56. The number of amides is 1. The van der Waals surface area contributed by atoms with Gasteiger partial charge < -0.3 is 14.2 Å². The molecule has 1 heterocycles. The van der Waals surface area contributed by atoms with Crippen molar-refractivity contribution >= 4 is 22.4 Å². The second kappa shape index (κ2) is 9.63. The number of carbonyl (C=O) groups excluding carboxylic acids is 1. The van der Waals surface area contributed by atoms with Crippen LogP contribution in [-0.2, 0) is 0 Å². The standard InChI is InChI=1S/C23H26N2O4S/c1-14(2)27-19-10-17(11-20(12-19)28-15(3)4)22(26)25-23-24-13-21(30-23)29-18-8-6-7-16(5)9-18/h6-15H,1-5H3,(H,24,25,26). The highest BCUT2D eigenvalue weighted by molar-refractivity contribution is 7.17. The summed E-state index contributed by atoms with van der Waals surface area (Å²) < 4.78 is 17.3. The zero-order valence-corrected chi connectivity index (χ0v) is 18.6. The van der Waals surface area contributed by atoms with Crippen LogP contribution in [0.4, 0.5) is 5.13 Å². The summed E-state index contributed by atoms with van der Waals surface area (Å²) in [6, 6.07) is 12.9. The molecule has 0 bridgehead atoms. The normalized spacial score (nSPS) is 10.9. The van der Waals surface area contributed by atoms with Gasteiger partial charge in [0.25, 0.3) is 5.91 Å². The van der Waals surface area contributed by atoms with Crippen LogP contribution in [0.1, 0.15) is 43.6 Å². The third-order valence-corrected chi connectivity index (χ3v) is 4.59. The fraction of sp³-hybridized carbons (Fsp3) is 0.304. The smallest absolute Gasteiger partial charge is 0.257 e. The molecule has 6 nitrogen and oxygen atoms in total. The number of hydrogen-bond acceptors (Lipinski definition) is 6. The molecule has 0 fully saturated rings. The quantitative estimate of drug-likeness (QED) is 0.473. The fourth-order valence-corrected chi connectivity index (χ4v) is 3.39. The number of anilines is 1. The molecule has 7 heteroatoms. The Balaban J connectivity index is 1.74. The zero-order valence-electron chi connectivity index (χ0n) is 17.8. The van der Waals surface area contributed by atoms with Crippen molar-refractivity contribution in [2.75, 3.05) is 5.32 Å². The molecule has 3 aromatic rings. The lowest BCUT2D eigenvalue weighted by molar-refractivity contribution is 0.102. The highest BCUT2D eigenvalue weighted by Gasteiger charge is 2.14. The Labute approximate surface area is 180 Å². The van der Waals surface area contributed by atoms with Gasteiger partial charge in [-0.15, -0.1) is 0 Å². The van der Waals surface area contributed by atoms with Crippen LogP contribution >= 0.6 is 11.3 Å². The van der Waals surface area contributed by atoms with Gasteiger partial charge in [-0.1, -0.05) is 23.5 Å². The molecule has 1 aromatic heterocycles. The van der Waals surface area contributed by atoms with Gasteiger partial charge in [0.05, 0.1) is 18.4 Å². The van der Waals surface area contributed by atoms with Crippen LogP contribution in [0, 0.1) is 6.92 Å².